The summed E-state index contributed by atoms with van der Waals surface area (Å²) in [6, 6.07) is 14.6. The highest BCUT2D eigenvalue weighted by atomic mass is 16.5. The fourth-order valence-electron chi connectivity index (χ4n) is 4.02. The summed E-state index contributed by atoms with van der Waals surface area (Å²) in [4.78, 5) is 44.3. The van der Waals surface area contributed by atoms with Crippen LogP contribution in [0.3, 0.4) is 0 Å². The van der Waals surface area contributed by atoms with Gasteiger partial charge in [0, 0.05) is 32.6 Å². The molecule has 0 bridgehead atoms. The lowest BCUT2D eigenvalue weighted by atomic mass is 10.1. The van der Waals surface area contributed by atoms with Crippen molar-refractivity contribution in [1.82, 2.24) is 19.8 Å². The van der Waals surface area contributed by atoms with Gasteiger partial charge in [-0.05, 0) is 42.7 Å². The van der Waals surface area contributed by atoms with E-state index in [0.717, 1.165) is 11.3 Å². The molecule has 1 atom stereocenters. The van der Waals surface area contributed by atoms with Crippen molar-refractivity contribution in [2.24, 2.45) is 7.05 Å². The molecule has 2 heterocycles. The van der Waals surface area contributed by atoms with Crippen LogP contribution >= 0.6 is 0 Å². The van der Waals surface area contributed by atoms with Gasteiger partial charge < -0.3 is 19.5 Å². The standard InChI is InChI=1S/C24H26N4O4/c1-27-20-9-4-3-8-19(20)26-22(24(27)31)23(30)25-17-10-11-21(29)28(13-12-17)15-16-6-5-7-18(14-16)32-2/h3-9,14,17H,10-13,15H2,1-2H3,(H,25,30). The van der Waals surface area contributed by atoms with Gasteiger partial charge >= 0.3 is 0 Å². The second kappa shape index (κ2) is 9.21. The van der Waals surface area contributed by atoms with Crippen molar-refractivity contribution in [3.05, 3.63) is 70.1 Å². The zero-order valence-corrected chi connectivity index (χ0v) is 18.2. The number of aryl methyl sites for hydroxylation is 1. The number of methoxy groups -OCH3 is 1. The van der Waals surface area contributed by atoms with E-state index in [1.54, 1.807) is 31.2 Å². The van der Waals surface area contributed by atoms with Crippen molar-refractivity contribution in [1.29, 1.82) is 0 Å². The van der Waals surface area contributed by atoms with Crippen molar-refractivity contribution in [2.45, 2.75) is 31.8 Å². The molecule has 4 rings (SSSR count). The summed E-state index contributed by atoms with van der Waals surface area (Å²) in [5, 5.41) is 2.92. The summed E-state index contributed by atoms with van der Waals surface area (Å²) < 4.78 is 6.69. The van der Waals surface area contributed by atoms with Crippen molar-refractivity contribution >= 4 is 22.8 Å². The Bertz CT molecular complexity index is 1220. The Hall–Kier alpha value is -3.68. The molecule has 166 valence electrons. The lowest BCUT2D eigenvalue weighted by Crippen LogP contribution is -2.40. The lowest BCUT2D eigenvalue weighted by Gasteiger charge is -2.21. The highest BCUT2D eigenvalue weighted by Crippen LogP contribution is 2.19. The maximum atomic E-state index is 12.9. The first-order valence-electron chi connectivity index (χ1n) is 10.6. The number of nitrogens with zero attached hydrogens (tertiary/aromatic N) is 3. The minimum absolute atomic E-state index is 0.0457. The summed E-state index contributed by atoms with van der Waals surface area (Å²) in [5.41, 5.74) is 1.67. The SMILES string of the molecule is COc1cccc(CN2CCC(NC(=O)c3nc4ccccc4n(C)c3=O)CCC2=O)c1. The first-order chi connectivity index (χ1) is 15.5. The molecule has 1 aliphatic heterocycles. The van der Waals surface area contributed by atoms with E-state index in [4.69, 9.17) is 4.74 Å². The van der Waals surface area contributed by atoms with Crippen molar-refractivity contribution < 1.29 is 14.3 Å². The summed E-state index contributed by atoms with van der Waals surface area (Å²) >= 11 is 0. The number of aromatic nitrogens is 2. The molecule has 1 unspecified atom stereocenters. The normalized spacial score (nSPS) is 16.6. The molecule has 1 aliphatic rings. The predicted octanol–water partition coefficient (Wildman–Crippen LogP) is 2.25. The minimum Gasteiger partial charge on any atom is -0.497 e. The van der Waals surface area contributed by atoms with Crippen molar-refractivity contribution in [3.8, 4) is 5.75 Å². The molecule has 2 aromatic carbocycles. The Kier molecular flexibility index (Phi) is 6.20. The third-order valence-electron chi connectivity index (χ3n) is 5.85. The summed E-state index contributed by atoms with van der Waals surface area (Å²) in [6.07, 6.45) is 1.46. The van der Waals surface area contributed by atoms with Gasteiger partial charge in [-0.1, -0.05) is 24.3 Å². The fourth-order valence-corrected chi connectivity index (χ4v) is 4.02. The zero-order valence-electron chi connectivity index (χ0n) is 18.2. The van der Waals surface area contributed by atoms with Crippen LogP contribution in [0.5, 0.6) is 5.75 Å². The first kappa shape index (κ1) is 21.5. The molecule has 0 aliphatic carbocycles. The maximum Gasteiger partial charge on any atom is 0.282 e. The van der Waals surface area contributed by atoms with Gasteiger partial charge in [-0.15, -0.1) is 0 Å². The van der Waals surface area contributed by atoms with E-state index in [1.165, 1.54) is 4.57 Å². The highest BCUT2D eigenvalue weighted by molar-refractivity contribution is 5.94. The van der Waals surface area contributed by atoms with E-state index < -0.39 is 11.5 Å². The fraction of sp³-hybridized carbons (Fsp3) is 0.333. The predicted molar refractivity (Wildman–Crippen MR) is 121 cm³/mol. The molecule has 0 saturated carbocycles. The molecule has 8 heteroatoms. The van der Waals surface area contributed by atoms with Crippen LogP contribution in [0.15, 0.2) is 53.3 Å². The average molecular weight is 434 g/mol. The number of amides is 2. The number of likely N-dealkylation sites (tertiary alicyclic amines) is 1. The van der Waals surface area contributed by atoms with E-state index in [2.05, 4.69) is 10.3 Å². The minimum atomic E-state index is -0.505. The molecular weight excluding hydrogens is 408 g/mol. The second-order valence-electron chi connectivity index (χ2n) is 7.98. The quantitative estimate of drug-likeness (QED) is 0.665. The van der Waals surface area contributed by atoms with Crippen LogP contribution < -0.4 is 15.6 Å². The van der Waals surface area contributed by atoms with E-state index in [-0.39, 0.29) is 17.6 Å². The van der Waals surface area contributed by atoms with Gasteiger partial charge in [0.1, 0.15) is 5.75 Å². The number of hydrogen-bond donors (Lipinski definition) is 1. The van der Waals surface area contributed by atoms with Gasteiger partial charge in [0.2, 0.25) is 5.91 Å². The number of carbonyl (C=O) groups excluding carboxylic acids is 2. The molecule has 3 aromatic rings. The van der Waals surface area contributed by atoms with Gasteiger partial charge in [-0.25, -0.2) is 4.98 Å². The Morgan fingerprint density at radius 3 is 2.78 bits per heavy atom. The number of carbonyl (C=O) groups is 2. The second-order valence-corrected chi connectivity index (χ2v) is 7.98. The largest absolute Gasteiger partial charge is 0.497 e. The molecule has 32 heavy (non-hydrogen) atoms. The molecule has 0 spiro atoms. The Labute approximate surface area is 185 Å². The maximum absolute atomic E-state index is 12.9. The van der Waals surface area contributed by atoms with Crippen LogP contribution in [0.2, 0.25) is 0 Å². The molecule has 1 saturated heterocycles. The Balaban J connectivity index is 1.45. The van der Waals surface area contributed by atoms with Crippen molar-refractivity contribution in [3.63, 3.8) is 0 Å². The number of ether oxygens (including phenoxy) is 1. The number of rotatable bonds is 5. The molecule has 8 nitrogen and oxygen atoms in total. The van der Waals surface area contributed by atoms with Crippen LogP contribution in [0.1, 0.15) is 35.3 Å². The van der Waals surface area contributed by atoms with E-state index >= 15 is 0 Å². The van der Waals surface area contributed by atoms with E-state index in [0.29, 0.717) is 43.4 Å². The topological polar surface area (TPSA) is 93.5 Å². The number of hydrogen-bond acceptors (Lipinski definition) is 5. The van der Waals surface area contributed by atoms with E-state index in [1.807, 2.05) is 36.4 Å². The van der Waals surface area contributed by atoms with Gasteiger partial charge in [0.25, 0.3) is 11.5 Å². The molecule has 1 fully saturated rings. The van der Waals surface area contributed by atoms with Crippen LogP contribution in [0, 0.1) is 0 Å². The van der Waals surface area contributed by atoms with E-state index in [9.17, 15) is 14.4 Å². The monoisotopic (exact) mass is 434 g/mol. The Morgan fingerprint density at radius 1 is 1.16 bits per heavy atom. The molecule has 2 amide bonds. The van der Waals surface area contributed by atoms with Gasteiger partial charge in [-0.2, -0.15) is 0 Å². The van der Waals surface area contributed by atoms with Crippen LogP contribution in [-0.2, 0) is 18.4 Å². The molecular formula is C24H26N4O4. The number of para-hydroxylation sites is 2. The number of nitrogens with one attached hydrogen (secondary N) is 1. The number of benzene rings is 2. The van der Waals surface area contributed by atoms with Crippen LogP contribution in [0.4, 0.5) is 0 Å². The molecule has 1 N–H and O–H groups in total. The number of fused-ring (bicyclic) bond motifs is 1. The Morgan fingerprint density at radius 2 is 1.97 bits per heavy atom. The van der Waals surface area contributed by atoms with Crippen molar-refractivity contribution in [2.75, 3.05) is 13.7 Å². The zero-order chi connectivity index (χ0) is 22.7. The van der Waals surface area contributed by atoms with Crippen LogP contribution in [-0.4, -0.2) is 46.0 Å². The van der Waals surface area contributed by atoms with Crippen LogP contribution in [0.25, 0.3) is 11.0 Å². The summed E-state index contributed by atoms with van der Waals surface area (Å²) in [6.45, 7) is 1.01. The highest BCUT2D eigenvalue weighted by Gasteiger charge is 2.25. The first-order valence-corrected chi connectivity index (χ1v) is 10.6. The van der Waals surface area contributed by atoms with Gasteiger partial charge in [0.15, 0.2) is 5.69 Å². The molecule has 0 radical (unpaired) electrons. The third-order valence-corrected chi connectivity index (χ3v) is 5.85. The molecule has 1 aromatic heterocycles. The average Bonchev–Trinajstić information content (AvgIpc) is 2.98. The van der Waals surface area contributed by atoms with Gasteiger partial charge in [-0.3, -0.25) is 14.4 Å². The van der Waals surface area contributed by atoms with Gasteiger partial charge in [0.05, 0.1) is 18.1 Å². The summed E-state index contributed by atoms with van der Waals surface area (Å²) in [5.74, 6) is 0.290. The summed E-state index contributed by atoms with van der Waals surface area (Å²) in [7, 11) is 3.24. The third kappa shape index (κ3) is 4.49. The lowest BCUT2D eigenvalue weighted by molar-refractivity contribution is -0.131. The smallest absolute Gasteiger partial charge is 0.282 e.